The van der Waals surface area contributed by atoms with E-state index in [1.165, 1.54) is 0 Å². The van der Waals surface area contributed by atoms with Crippen molar-refractivity contribution in [2.75, 3.05) is 6.61 Å². The Morgan fingerprint density at radius 2 is 2.21 bits per heavy atom. The Bertz CT molecular complexity index is 283. The van der Waals surface area contributed by atoms with E-state index in [2.05, 4.69) is 19.0 Å². The average Bonchev–Trinajstić information content (AvgIpc) is 2.51. The fraction of sp³-hybridized carbons (Fsp3) is 0.700. The lowest BCUT2D eigenvalue weighted by Crippen LogP contribution is -2.35. The predicted octanol–water partition coefficient (Wildman–Crippen LogP) is 1.04. The highest BCUT2D eigenvalue weighted by Gasteiger charge is 2.25. The van der Waals surface area contributed by atoms with Crippen molar-refractivity contribution in [2.24, 2.45) is 11.7 Å². The molecule has 3 N–H and O–H groups in total. The average molecular weight is 198 g/mol. The van der Waals surface area contributed by atoms with Gasteiger partial charge in [-0.25, -0.2) is 0 Å². The molecule has 1 aromatic heterocycles. The molecule has 4 nitrogen and oxygen atoms in total. The number of rotatable bonds is 4. The summed E-state index contributed by atoms with van der Waals surface area (Å²) in [4.78, 5) is 0. The summed E-state index contributed by atoms with van der Waals surface area (Å²) in [5.74, 6) is 1.16. The third kappa shape index (κ3) is 2.33. The highest BCUT2D eigenvalue weighted by Crippen LogP contribution is 2.26. The zero-order valence-corrected chi connectivity index (χ0v) is 8.90. The van der Waals surface area contributed by atoms with Crippen molar-refractivity contribution in [2.45, 2.75) is 32.7 Å². The van der Waals surface area contributed by atoms with Crippen molar-refractivity contribution in [1.82, 2.24) is 5.16 Å². The fourth-order valence-corrected chi connectivity index (χ4v) is 1.71. The zero-order chi connectivity index (χ0) is 10.7. The van der Waals surface area contributed by atoms with E-state index < -0.39 is 0 Å². The van der Waals surface area contributed by atoms with E-state index in [0.717, 1.165) is 11.5 Å². The van der Waals surface area contributed by atoms with Gasteiger partial charge in [-0.1, -0.05) is 19.0 Å². The van der Waals surface area contributed by atoms with Gasteiger partial charge >= 0.3 is 0 Å². The number of hydrogen-bond acceptors (Lipinski definition) is 4. The first kappa shape index (κ1) is 11.2. The van der Waals surface area contributed by atoms with Crippen LogP contribution in [-0.2, 0) is 0 Å². The van der Waals surface area contributed by atoms with Crippen molar-refractivity contribution in [3.8, 4) is 0 Å². The van der Waals surface area contributed by atoms with Crippen molar-refractivity contribution in [3.63, 3.8) is 0 Å². The SMILES string of the molecule is Cc1cc(C(C(C)C)C(N)CO)no1. The normalized spacial score (nSPS) is 15.9. The summed E-state index contributed by atoms with van der Waals surface area (Å²) < 4.78 is 5.00. The zero-order valence-electron chi connectivity index (χ0n) is 8.90. The molecule has 0 radical (unpaired) electrons. The minimum atomic E-state index is -0.278. The summed E-state index contributed by atoms with van der Waals surface area (Å²) in [5.41, 5.74) is 6.66. The van der Waals surface area contributed by atoms with Crippen LogP contribution in [0, 0.1) is 12.8 Å². The van der Waals surface area contributed by atoms with Crippen LogP contribution in [0.15, 0.2) is 10.6 Å². The number of aromatic nitrogens is 1. The Kier molecular flexibility index (Phi) is 3.66. The van der Waals surface area contributed by atoms with Gasteiger partial charge < -0.3 is 15.4 Å². The molecule has 0 fully saturated rings. The maximum Gasteiger partial charge on any atom is 0.133 e. The van der Waals surface area contributed by atoms with E-state index in [1.54, 1.807) is 0 Å². The van der Waals surface area contributed by atoms with E-state index in [-0.39, 0.29) is 18.6 Å². The monoisotopic (exact) mass is 198 g/mol. The molecule has 0 saturated heterocycles. The van der Waals surface area contributed by atoms with Gasteiger partial charge in [0.15, 0.2) is 0 Å². The van der Waals surface area contributed by atoms with Crippen LogP contribution in [0.5, 0.6) is 0 Å². The molecule has 0 amide bonds. The first-order valence-corrected chi connectivity index (χ1v) is 4.86. The molecule has 0 aromatic carbocycles. The van der Waals surface area contributed by atoms with Gasteiger partial charge in [-0.05, 0) is 12.8 Å². The molecular weight excluding hydrogens is 180 g/mol. The van der Waals surface area contributed by atoms with Crippen LogP contribution >= 0.6 is 0 Å². The summed E-state index contributed by atoms with van der Waals surface area (Å²) in [6, 6.07) is 1.60. The molecule has 4 heteroatoms. The molecule has 0 bridgehead atoms. The highest BCUT2D eigenvalue weighted by atomic mass is 16.5. The van der Waals surface area contributed by atoms with E-state index in [0.29, 0.717) is 5.92 Å². The van der Waals surface area contributed by atoms with E-state index >= 15 is 0 Å². The summed E-state index contributed by atoms with van der Waals surface area (Å²) in [7, 11) is 0. The number of aliphatic hydroxyl groups is 1. The molecule has 80 valence electrons. The van der Waals surface area contributed by atoms with Crippen LogP contribution in [0.2, 0.25) is 0 Å². The highest BCUT2D eigenvalue weighted by molar-refractivity contribution is 5.13. The third-order valence-corrected chi connectivity index (χ3v) is 2.38. The molecule has 14 heavy (non-hydrogen) atoms. The second-order valence-electron chi connectivity index (χ2n) is 3.98. The molecule has 0 aliphatic heterocycles. The standard InChI is InChI=1S/C10H18N2O2/c1-6(2)10(8(11)5-13)9-4-7(3)14-12-9/h4,6,8,10,13H,5,11H2,1-3H3. The molecule has 0 spiro atoms. The van der Waals surface area contributed by atoms with Gasteiger partial charge in [-0.2, -0.15) is 0 Å². The number of aliphatic hydroxyl groups excluding tert-OH is 1. The maximum absolute atomic E-state index is 9.04. The van der Waals surface area contributed by atoms with Crippen molar-refractivity contribution in [1.29, 1.82) is 0 Å². The molecule has 2 unspecified atom stereocenters. The second-order valence-corrected chi connectivity index (χ2v) is 3.98. The van der Waals surface area contributed by atoms with Gasteiger partial charge in [0.2, 0.25) is 0 Å². The molecule has 0 aliphatic carbocycles. The van der Waals surface area contributed by atoms with Gasteiger partial charge in [0.25, 0.3) is 0 Å². The number of nitrogens with two attached hydrogens (primary N) is 1. The lowest BCUT2D eigenvalue weighted by molar-refractivity contribution is 0.227. The largest absolute Gasteiger partial charge is 0.395 e. The maximum atomic E-state index is 9.04. The van der Waals surface area contributed by atoms with Gasteiger partial charge in [-0.15, -0.1) is 0 Å². The van der Waals surface area contributed by atoms with Crippen molar-refractivity contribution in [3.05, 3.63) is 17.5 Å². The van der Waals surface area contributed by atoms with Crippen LogP contribution in [0.1, 0.15) is 31.2 Å². The minimum absolute atomic E-state index is 0.0330. The van der Waals surface area contributed by atoms with Crippen LogP contribution in [0.4, 0.5) is 0 Å². The number of nitrogens with zero attached hydrogens (tertiary/aromatic N) is 1. The second kappa shape index (κ2) is 4.57. The third-order valence-electron chi connectivity index (χ3n) is 2.38. The Balaban J connectivity index is 2.88. The smallest absolute Gasteiger partial charge is 0.133 e. The molecular formula is C10H18N2O2. The first-order chi connectivity index (χ1) is 6.56. The van der Waals surface area contributed by atoms with E-state index in [1.807, 2.05) is 13.0 Å². The fourth-order valence-electron chi connectivity index (χ4n) is 1.71. The van der Waals surface area contributed by atoms with E-state index in [9.17, 15) is 0 Å². The summed E-state index contributed by atoms with van der Waals surface area (Å²) >= 11 is 0. The van der Waals surface area contributed by atoms with Gasteiger partial charge in [0.05, 0.1) is 12.3 Å². The van der Waals surface area contributed by atoms with Gasteiger partial charge in [-0.3, -0.25) is 0 Å². The quantitative estimate of drug-likeness (QED) is 0.758. The van der Waals surface area contributed by atoms with Crippen molar-refractivity contribution >= 4 is 0 Å². The van der Waals surface area contributed by atoms with Crippen LogP contribution < -0.4 is 5.73 Å². The van der Waals surface area contributed by atoms with Crippen molar-refractivity contribution < 1.29 is 9.63 Å². The first-order valence-electron chi connectivity index (χ1n) is 4.86. The summed E-state index contributed by atoms with van der Waals surface area (Å²) in [6.07, 6.45) is 0. The predicted molar refractivity (Wildman–Crippen MR) is 53.9 cm³/mol. The molecule has 2 atom stereocenters. The Labute approximate surface area is 84.1 Å². The minimum Gasteiger partial charge on any atom is -0.395 e. The Morgan fingerprint density at radius 1 is 1.57 bits per heavy atom. The molecule has 1 rings (SSSR count). The molecule has 1 heterocycles. The van der Waals surface area contributed by atoms with Gasteiger partial charge in [0.1, 0.15) is 5.76 Å². The lowest BCUT2D eigenvalue weighted by Gasteiger charge is -2.23. The topological polar surface area (TPSA) is 72.3 Å². The molecule has 1 aromatic rings. The van der Waals surface area contributed by atoms with E-state index in [4.69, 9.17) is 15.4 Å². The Morgan fingerprint density at radius 3 is 2.57 bits per heavy atom. The lowest BCUT2D eigenvalue weighted by atomic mass is 9.86. The molecule has 0 aliphatic rings. The van der Waals surface area contributed by atoms with Crippen LogP contribution in [0.3, 0.4) is 0 Å². The summed E-state index contributed by atoms with van der Waals surface area (Å²) in [5, 5.41) is 13.0. The Hall–Kier alpha value is -0.870. The number of hydrogen-bond donors (Lipinski definition) is 2. The molecule has 0 saturated carbocycles. The summed E-state index contributed by atoms with van der Waals surface area (Å²) in [6.45, 7) is 5.93. The number of aryl methyl sites for hydroxylation is 1. The van der Waals surface area contributed by atoms with Crippen LogP contribution in [-0.4, -0.2) is 22.9 Å². The van der Waals surface area contributed by atoms with Crippen LogP contribution in [0.25, 0.3) is 0 Å². The van der Waals surface area contributed by atoms with Gasteiger partial charge in [0, 0.05) is 18.0 Å².